The molecule has 0 unspecified atom stereocenters. The zero-order chi connectivity index (χ0) is 11.4. The second-order valence-corrected chi connectivity index (χ2v) is 4.24. The van der Waals surface area contributed by atoms with E-state index in [0.29, 0.717) is 16.8 Å². The minimum atomic E-state index is -1.08. The van der Waals surface area contributed by atoms with E-state index in [1.807, 2.05) is 6.92 Å². The molecule has 0 aliphatic rings. The lowest BCUT2D eigenvalue weighted by Gasteiger charge is -2.10. The predicted molar refractivity (Wildman–Crippen MR) is 61.9 cm³/mol. The molecule has 15 heavy (non-hydrogen) atoms. The van der Waals surface area contributed by atoms with Gasteiger partial charge >= 0.3 is 5.97 Å². The topological polar surface area (TPSA) is 46.5 Å². The summed E-state index contributed by atoms with van der Waals surface area (Å²) in [6.07, 6.45) is 0.809. The number of halogens is 2. The number of aromatic carboxylic acids is 1. The van der Waals surface area contributed by atoms with Crippen LogP contribution in [0.2, 0.25) is 5.02 Å². The highest BCUT2D eigenvalue weighted by Crippen LogP contribution is 2.31. The Bertz CT molecular complexity index is 379. The third kappa shape index (κ3) is 3.11. The summed E-state index contributed by atoms with van der Waals surface area (Å²) >= 11 is 9.05. The maximum atomic E-state index is 10.9. The number of carboxylic acid groups (broad SMARTS) is 1. The Kier molecular flexibility index (Phi) is 4.42. The molecule has 0 fully saturated rings. The molecule has 0 aliphatic carbocycles. The van der Waals surface area contributed by atoms with Gasteiger partial charge in [0, 0.05) is 4.47 Å². The van der Waals surface area contributed by atoms with E-state index >= 15 is 0 Å². The van der Waals surface area contributed by atoms with E-state index in [-0.39, 0.29) is 10.6 Å². The third-order valence-corrected chi connectivity index (χ3v) is 2.45. The number of carbonyl (C=O) groups is 1. The predicted octanol–water partition coefficient (Wildman–Crippen LogP) is 3.59. The number of benzene rings is 1. The number of carboxylic acids is 1. The van der Waals surface area contributed by atoms with Gasteiger partial charge in [-0.05, 0) is 18.6 Å². The molecule has 3 nitrogen and oxygen atoms in total. The zero-order valence-electron chi connectivity index (χ0n) is 8.09. The van der Waals surface area contributed by atoms with E-state index in [1.165, 1.54) is 6.07 Å². The first kappa shape index (κ1) is 12.3. The van der Waals surface area contributed by atoms with Gasteiger partial charge in [0.25, 0.3) is 0 Å². The van der Waals surface area contributed by atoms with E-state index in [4.69, 9.17) is 21.4 Å². The molecule has 5 heteroatoms. The average molecular weight is 294 g/mol. The van der Waals surface area contributed by atoms with Crippen molar-refractivity contribution in [2.75, 3.05) is 6.61 Å². The molecule has 82 valence electrons. The molecule has 0 saturated heterocycles. The van der Waals surface area contributed by atoms with Gasteiger partial charge in [-0.25, -0.2) is 4.79 Å². The molecule has 0 heterocycles. The molecule has 1 aromatic rings. The quantitative estimate of drug-likeness (QED) is 0.923. The average Bonchev–Trinajstić information content (AvgIpc) is 2.12. The summed E-state index contributed by atoms with van der Waals surface area (Å²) in [5.41, 5.74) is 0.00770. The molecule has 0 saturated carbocycles. The van der Waals surface area contributed by atoms with Gasteiger partial charge in [0.1, 0.15) is 11.3 Å². The number of hydrogen-bond acceptors (Lipinski definition) is 2. The van der Waals surface area contributed by atoms with Crippen molar-refractivity contribution in [2.45, 2.75) is 13.3 Å². The first-order valence-electron chi connectivity index (χ1n) is 4.41. The Morgan fingerprint density at radius 2 is 2.27 bits per heavy atom. The van der Waals surface area contributed by atoms with Gasteiger partial charge < -0.3 is 9.84 Å². The van der Waals surface area contributed by atoms with Crippen LogP contribution in [0.15, 0.2) is 16.6 Å². The summed E-state index contributed by atoms with van der Waals surface area (Å²) in [6, 6.07) is 3.13. The fraction of sp³-hybridized carbons (Fsp3) is 0.300. The van der Waals surface area contributed by atoms with Crippen LogP contribution in [0.4, 0.5) is 0 Å². The van der Waals surface area contributed by atoms with Crippen LogP contribution in [0.1, 0.15) is 23.7 Å². The molecule has 1 N–H and O–H groups in total. The van der Waals surface area contributed by atoms with Crippen LogP contribution in [0.5, 0.6) is 5.75 Å². The van der Waals surface area contributed by atoms with Crippen molar-refractivity contribution in [1.82, 2.24) is 0 Å². The zero-order valence-corrected chi connectivity index (χ0v) is 10.4. The molecule has 0 aliphatic heterocycles. The Balaban J connectivity index is 3.14. The van der Waals surface area contributed by atoms with Crippen molar-refractivity contribution < 1.29 is 14.6 Å². The maximum absolute atomic E-state index is 10.9. The first-order chi connectivity index (χ1) is 7.06. The summed E-state index contributed by atoms with van der Waals surface area (Å²) in [6.45, 7) is 2.41. The standard InChI is InChI=1S/C10H10BrClO3/c1-2-3-15-8-5-6(11)4-7(12)9(8)10(13)14/h4-5H,2-3H2,1H3,(H,13,14). The Morgan fingerprint density at radius 3 is 2.80 bits per heavy atom. The SMILES string of the molecule is CCCOc1cc(Br)cc(Cl)c1C(=O)O. The van der Waals surface area contributed by atoms with Crippen molar-refractivity contribution in [3.05, 3.63) is 27.2 Å². The lowest BCUT2D eigenvalue weighted by atomic mass is 10.2. The number of rotatable bonds is 4. The highest BCUT2D eigenvalue weighted by molar-refractivity contribution is 9.10. The van der Waals surface area contributed by atoms with Gasteiger partial charge in [0.2, 0.25) is 0 Å². The van der Waals surface area contributed by atoms with Crippen molar-refractivity contribution >= 4 is 33.5 Å². The van der Waals surface area contributed by atoms with Crippen LogP contribution in [0.3, 0.4) is 0 Å². The molecular weight excluding hydrogens is 283 g/mol. The molecule has 0 spiro atoms. The molecule has 0 bridgehead atoms. The summed E-state index contributed by atoms with van der Waals surface area (Å²) < 4.78 is 6.01. The molecule has 0 aromatic heterocycles. The van der Waals surface area contributed by atoms with E-state index in [2.05, 4.69) is 15.9 Å². The second kappa shape index (κ2) is 5.37. The van der Waals surface area contributed by atoms with Crippen LogP contribution < -0.4 is 4.74 Å². The Hall–Kier alpha value is -0.740. The maximum Gasteiger partial charge on any atom is 0.341 e. The van der Waals surface area contributed by atoms with Crippen LogP contribution in [0.25, 0.3) is 0 Å². The van der Waals surface area contributed by atoms with Gasteiger partial charge in [-0.15, -0.1) is 0 Å². The highest BCUT2D eigenvalue weighted by atomic mass is 79.9. The molecular formula is C10H10BrClO3. The van der Waals surface area contributed by atoms with Crippen LogP contribution in [-0.4, -0.2) is 17.7 Å². The van der Waals surface area contributed by atoms with Crippen molar-refractivity contribution in [2.24, 2.45) is 0 Å². The molecule has 0 amide bonds. The lowest BCUT2D eigenvalue weighted by molar-refractivity contribution is 0.0692. The summed E-state index contributed by atoms with van der Waals surface area (Å²) in [7, 11) is 0. The van der Waals surface area contributed by atoms with Crippen LogP contribution in [0, 0.1) is 0 Å². The van der Waals surface area contributed by atoms with Crippen LogP contribution in [-0.2, 0) is 0 Å². The van der Waals surface area contributed by atoms with Crippen molar-refractivity contribution in [1.29, 1.82) is 0 Å². The largest absolute Gasteiger partial charge is 0.493 e. The Morgan fingerprint density at radius 1 is 1.60 bits per heavy atom. The smallest absolute Gasteiger partial charge is 0.341 e. The minimum Gasteiger partial charge on any atom is -0.493 e. The third-order valence-electron chi connectivity index (χ3n) is 1.69. The van der Waals surface area contributed by atoms with E-state index in [0.717, 1.165) is 6.42 Å². The summed E-state index contributed by atoms with van der Waals surface area (Å²) in [5.74, 6) is -0.790. The fourth-order valence-corrected chi connectivity index (χ4v) is 1.94. The summed E-state index contributed by atoms with van der Waals surface area (Å²) in [4.78, 5) is 10.9. The molecule has 0 radical (unpaired) electrons. The van der Waals surface area contributed by atoms with Crippen LogP contribution >= 0.6 is 27.5 Å². The monoisotopic (exact) mass is 292 g/mol. The van der Waals surface area contributed by atoms with E-state index in [9.17, 15) is 4.79 Å². The normalized spacial score (nSPS) is 10.1. The Labute approximate surface area is 101 Å². The number of ether oxygens (including phenoxy) is 1. The minimum absolute atomic E-state index is 0.00770. The van der Waals surface area contributed by atoms with Gasteiger partial charge in [0.15, 0.2) is 0 Å². The van der Waals surface area contributed by atoms with Gasteiger partial charge in [-0.3, -0.25) is 0 Å². The van der Waals surface area contributed by atoms with Crippen molar-refractivity contribution in [3.63, 3.8) is 0 Å². The lowest BCUT2D eigenvalue weighted by Crippen LogP contribution is -2.04. The van der Waals surface area contributed by atoms with Gasteiger partial charge in [0.05, 0.1) is 11.6 Å². The fourth-order valence-electron chi connectivity index (χ4n) is 1.08. The molecule has 1 aromatic carbocycles. The van der Waals surface area contributed by atoms with Crippen molar-refractivity contribution in [3.8, 4) is 5.75 Å². The molecule has 1 rings (SSSR count). The van der Waals surface area contributed by atoms with E-state index < -0.39 is 5.97 Å². The summed E-state index contributed by atoms with van der Waals surface area (Å²) in [5, 5.41) is 9.13. The van der Waals surface area contributed by atoms with Gasteiger partial charge in [-0.2, -0.15) is 0 Å². The second-order valence-electron chi connectivity index (χ2n) is 2.91. The van der Waals surface area contributed by atoms with E-state index in [1.54, 1.807) is 6.07 Å². The molecule has 0 atom stereocenters. The van der Waals surface area contributed by atoms with Gasteiger partial charge in [-0.1, -0.05) is 34.5 Å². The number of hydrogen-bond donors (Lipinski definition) is 1. The highest BCUT2D eigenvalue weighted by Gasteiger charge is 2.16. The first-order valence-corrected chi connectivity index (χ1v) is 5.58.